The maximum absolute atomic E-state index is 13.2. The number of benzene rings is 2. The van der Waals surface area contributed by atoms with Crippen LogP contribution in [-0.4, -0.2) is 37.1 Å². The average Bonchev–Trinajstić information content (AvgIpc) is 3.24. The first kappa shape index (κ1) is 22.6. The van der Waals surface area contributed by atoms with Crippen LogP contribution in [0.4, 0.5) is 0 Å². The van der Waals surface area contributed by atoms with Gasteiger partial charge < -0.3 is 14.6 Å². The Kier molecular flexibility index (Phi) is 5.69. The van der Waals surface area contributed by atoms with Crippen molar-refractivity contribution >= 4 is 20.1 Å². The van der Waals surface area contributed by atoms with Crippen molar-refractivity contribution < 1.29 is 14.0 Å². The molecule has 2 saturated heterocycles. The first-order chi connectivity index (χ1) is 15.0. The average molecular weight is 451 g/mol. The third-order valence-corrected chi connectivity index (χ3v) is 11.9. The number of hydrogen-bond donors (Lipinski definition) is 1. The Hall–Kier alpha value is -2.60. The smallest absolute Gasteiger partial charge is 0.250 e. The molecular formula is C26H34N2O3Si. The molecule has 32 heavy (non-hydrogen) atoms. The molecule has 4 rings (SSSR count). The monoisotopic (exact) mass is 450 g/mol. The van der Waals surface area contributed by atoms with Gasteiger partial charge in [0.25, 0.3) is 0 Å². The van der Waals surface area contributed by atoms with E-state index in [0.717, 1.165) is 16.9 Å². The van der Waals surface area contributed by atoms with Crippen molar-refractivity contribution in [3.05, 3.63) is 65.7 Å². The highest BCUT2D eigenvalue weighted by atomic mass is 28.4. The van der Waals surface area contributed by atoms with Crippen LogP contribution in [0.15, 0.2) is 54.6 Å². The van der Waals surface area contributed by atoms with E-state index < -0.39 is 13.9 Å². The molecule has 2 aliphatic rings. The summed E-state index contributed by atoms with van der Waals surface area (Å²) in [5, 5.41) is 3.18. The molecule has 0 radical (unpaired) electrons. The van der Waals surface area contributed by atoms with Gasteiger partial charge in [-0.25, -0.2) is 0 Å². The first-order valence-electron chi connectivity index (χ1n) is 11.5. The van der Waals surface area contributed by atoms with Crippen molar-refractivity contribution in [2.24, 2.45) is 0 Å². The third-order valence-electron chi connectivity index (χ3n) is 7.58. The predicted octanol–water partition coefficient (Wildman–Crippen LogP) is 4.85. The zero-order chi connectivity index (χ0) is 23.1. The molecule has 5 nitrogen and oxygen atoms in total. The van der Waals surface area contributed by atoms with Crippen molar-refractivity contribution in [1.29, 1.82) is 0 Å². The summed E-state index contributed by atoms with van der Waals surface area (Å²) in [4.78, 5) is 27.9. The van der Waals surface area contributed by atoms with E-state index in [1.165, 1.54) is 0 Å². The van der Waals surface area contributed by atoms with Crippen LogP contribution in [0.5, 0.6) is 5.75 Å². The standard InChI is InChI=1S/C26H34N2O3Si/c1-25(2,3)32(4,5)31-21-13-11-20(12-14-21)22-17-27-24(30)26(22)16-15-23(29)28(26)18-19-9-7-6-8-10-19/h6-14,22H,15-18H2,1-5H3,(H,27,30)/t22-,26-/m1/s1. The lowest BCUT2D eigenvalue weighted by Crippen LogP contribution is -2.53. The highest BCUT2D eigenvalue weighted by Crippen LogP contribution is 2.46. The minimum Gasteiger partial charge on any atom is -0.544 e. The Morgan fingerprint density at radius 2 is 1.72 bits per heavy atom. The van der Waals surface area contributed by atoms with Crippen LogP contribution in [0.25, 0.3) is 0 Å². The van der Waals surface area contributed by atoms with Gasteiger partial charge >= 0.3 is 0 Å². The summed E-state index contributed by atoms with van der Waals surface area (Å²) in [6.07, 6.45) is 0.959. The molecule has 0 aromatic heterocycles. The van der Waals surface area contributed by atoms with E-state index in [0.29, 0.717) is 25.9 Å². The topological polar surface area (TPSA) is 58.6 Å². The molecule has 2 heterocycles. The molecule has 2 aliphatic heterocycles. The van der Waals surface area contributed by atoms with Crippen LogP contribution < -0.4 is 9.74 Å². The minimum atomic E-state index is -1.92. The molecule has 2 amide bonds. The molecule has 0 aliphatic carbocycles. The Bertz CT molecular complexity index is 998. The highest BCUT2D eigenvalue weighted by Gasteiger charge is 2.59. The lowest BCUT2D eigenvalue weighted by Gasteiger charge is -2.38. The number of carbonyl (C=O) groups excluding carboxylic acids is 2. The number of nitrogens with zero attached hydrogens (tertiary/aromatic N) is 1. The molecule has 0 unspecified atom stereocenters. The SMILES string of the molecule is CC(C)(C)[Si](C)(C)Oc1ccc([C@H]2CNC(=O)[C@@]23CCC(=O)N3Cc2ccccc2)cc1. The number of amides is 2. The van der Waals surface area contributed by atoms with Gasteiger partial charge in [-0.2, -0.15) is 0 Å². The van der Waals surface area contributed by atoms with E-state index in [4.69, 9.17) is 4.43 Å². The fraction of sp³-hybridized carbons (Fsp3) is 0.462. The van der Waals surface area contributed by atoms with E-state index in [9.17, 15) is 9.59 Å². The van der Waals surface area contributed by atoms with E-state index in [-0.39, 0.29) is 22.8 Å². The first-order valence-corrected chi connectivity index (χ1v) is 14.4. The molecular weight excluding hydrogens is 416 g/mol. The van der Waals surface area contributed by atoms with Crippen molar-refractivity contribution in [2.75, 3.05) is 6.54 Å². The van der Waals surface area contributed by atoms with E-state index in [1.54, 1.807) is 0 Å². The van der Waals surface area contributed by atoms with Crippen LogP contribution in [-0.2, 0) is 16.1 Å². The van der Waals surface area contributed by atoms with Gasteiger partial charge in [-0.15, -0.1) is 0 Å². The Balaban J connectivity index is 1.62. The summed E-state index contributed by atoms with van der Waals surface area (Å²) in [6, 6.07) is 18.1. The zero-order valence-electron chi connectivity index (χ0n) is 19.8. The van der Waals surface area contributed by atoms with Crippen LogP contribution in [0.1, 0.15) is 50.7 Å². The van der Waals surface area contributed by atoms with Crippen LogP contribution >= 0.6 is 0 Å². The number of rotatable bonds is 5. The van der Waals surface area contributed by atoms with Crippen molar-refractivity contribution in [1.82, 2.24) is 10.2 Å². The molecule has 1 spiro atoms. The Labute approximate surface area is 192 Å². The maximum atomic E-state index is 13.2. The molecule has 170 valence electrons. The quantitative estimate of drug-likeness (QED) is 0.663. The lowest BCUT2D eigenvalue weighted by molar-refractivity contribution is -0.140. The van der Waals surface area contributed by atoms with Gasteiger partial charge in [0.2, 0.25) is 20.1 Å². The molecule has 2 fully saturated rings. The van der Waals surface area contributed by atoms with Crippen LogP contribution in [0.2, 0.25) is 18.1 Å². The molecule has 2 aromatic carbocycles. The molecule has 0 saturated carbocycles. The molecule has 6 heteroatoms. The highest BCUT2D eigenvalue weighted by molar-refractivity contribution is 6.74. The van der Waals surface area contributed by atoms with Gasteiger partial charge in [0.1, 0.15) is 11.3 Å². The zero-order valence-corrected chi connectivity index (χ0v) is 20.8. The van der Waals surface area contributed by atoms with E-state index in [1.807, 2.05) is 47.4 Å². The van der Waals surface area contributed by atoms with Crippen LogP contribution in [0.3, 0.4) is 0 Å². The largest absolute Gasteiger partial charge is 0.544 e. The predicted molar refractivity (Wildman–Crippen MR) is 129 cm³/mol. The molecule has 2 atom stereocenters. The summed E-state index contributed by atoms with van der Waals surface area (Å²) in [5.41, 5.74) is 1.28. The van der Waals surface area contributed by atoms with E-state index in [2.05, 4.69) is 51.3 Å². The summed E-state index contributed by atoms with van der Waals surface area (Å²) in [5.74, 6) is 0.807. The van der Waals surface area contributed by atoms with Crippen molar-refractivity contribution in [2.45, 2.75) is 69.7 Å². The van der Waals surface area contributed by atoms with Crippen LogP contribution in [0, 0.1) is 0 Å². The number of likely N-dealkylation sites (tertiary alicyclic amines) is 1. The summed E-state index contributed by atoms with van der Waals surface area (Å²) >= 11 is 0. The normalized spacial score (nSPS) is 23.7. The summed E-state index contributed by atoms with van der Waals surface area (Å²) < 4.78 is 6.43. The molecule has 0 bridgehead atoms. The second kappa shape index (κ2) is 8.07. The van der Waals surface area contributed by atoms with Crippen molar-refractivity contribution in [3.8, 4) is 5.75 Å². The second-order valence-corrected chi connectivity index (χ2v) is 15.3. The van der Waals surface area contributed by atoms with Gasteiger partial charge in [0.05, 0.1) is 0 Å². The van der Waals surface area contributed by atoms with Gasteiger partial charge in [-0.3, -0.25) is 9.59 Å². The molecule has 2 aromatic rings. The van der Waals surface area contributed by atoms with Crippen molar-refractivity contribution in [3.63, 3.8) is 0 Å². The number of hydrogen-bond acceptors (Lipinski definition) is 3. The third kappa shape index (κ3) is 3.85. The summed E-state index contributed by atoms with van der Waals surface area (Å²) in [6.45, 7) is 12.2. The number of carbonyl (C=O) groups is 2. The van der Waals surface area contributed by atoms with Gasteiger partial charge in [-0.1, -0.05) is 63.2 Å². The summed E-state index contributed by atoms with van der Waals surface area (Å²) in [7, 11) is -1.92. The lowest BCUT2D eigenvalue weighted by atomic mass is 9.79. The minimum absolute atomic E-state index is 0.0362. The number of nitrogens with one attached hydrogen (secondary N) is 1. The fourth-order valence-corrected chi connectivity index (χ4v) is 5.70. The van der Waals surface area contributed by atoms with Gasteiger partial charge in [-0.05, 0) is 47.8 Å². The second-order valence-electron chi connectivity index (χ2n) is 10.6. The Morgan fingerprint density at radius 3 is 2.34 bits per heavy atom. The fourth-order valence-electron chi connectivity index (χ4n) is 4.67. The maximum Gasteiger partial charge on any atom is 0.250 e. The Morgan fingerprint density at radius 1 is 1.06 bits per heavy atom. The van der Waals surface area contributed by atoms with E-state index >= 15 is 0 Å². The van der Waals surface area contributed by atoms with Gasteiger partial charge in [0.15, 0.2) is 0 Å². The molecule has 1 N–H and O–H groups in total. The van der Waals surface area contributed by atoms with Gasteiger partial charge in [0, 0.05) is 25.4 Å².